The molecule has 31 heavy (non-hydrogen) atoms. The van der Waals surface area contributed by atoms with E-state index >= 15 is 0 Å². The summed E-state index contributed by atoms with van der Waals surface area (Å²) >= 11 is 2.96. The van der Waals surface area contributed by atoms with Gasteiger partial charge in [0.1, 0.15) is 10.8 Å². The van der Waals surface area contributed by atoms with Crippen molar-refractivity contribution in [2.24, 2.45) is 0 Å². The van der Waals surface area contributed by atoms with Crippen LogP contribution in [0.15, 0.2) is 43.0 Å². The summed E-state index contributed by atoms with van der Waals surface area (Å²) in [7, 11) is 0. The number of hydrogen-bond donors (Lipinski definition) is 3. The fraction of sp³-hybridized carbons (Fsp3) is 0.286. The molecule has 160 valence electrons. The number of halogens is 1. The van der Waals surface area contributed by atoms with E-state index in [-0.39, 0.29) is 11.1 Å². The normalized spacial score (nSPS) is 21.1. The van der Waals surface area contributed by atoms with Crippen LogP contribution in [0.1, 0.15) is 21.4 Å². The number of thiazole rings is 1. The third-order valence-electron chi connectivity index (χ3n) is 5.24. The molecule has 1 fully saturated rings. The standard InChI is InChI=1S/C21H20FN5O2S2/c1-11-7-26-21(31-11)13-3-2-12(6-14(13)22)8-24-19-20-25-9-15(27(20)5-4-23-19)18-17(29)16(28)10-30-18/h2-7,9,16-18,28-29H,8,10H2,1H3,(H,23,24)/t16-,17-,18+/m1/s1. The molecule has 4 heterocycles. The fourth-order valence-corrected chi connectivity index (χ4v) is 5.76. The fourth-order valence-electron chi connectivity index (χ4n) is 3.64. The van der Waals surface area contributed by atoms with Crippen LogP contribution in [-0.4, -0.2) is 47.5 Å². The molecule has 0 saturated carbocycles. The van der Waals surface area contributed by atoms with Crippen molar-refractivity contribution in [3.63, 3.8) is 0 Å². The second-order valence-corrected chi connectivity index (χ2v) is 9.82. The molecule has 3 atom stereocenters. The molecular formula is C21H20FN5O2S2. The molecule has 0 unspecified atom stereocenters. The van der Waals surface area contributed by atoms with Gasteiger partial charge in [-0.05, 0) is 24.6 Å². The SMILES string of the molecule is Cc1cnc(-c2ccc(CNc3nccn4c([C@@H]5SC[C@@H](O)[C@H]5O)cnc34)cc2F)s1. The second kappa shape index (κ2) is 8.19. The molecule has 1 aliphatic heterocycles. The predicted molar refractivity (Wildman–Crippen MR) is 120 cm³/mol. The van der Waals surface area contributed by atoms with Gasteiger partial charge >= 0.3 is 0 Å². The van der Waals surface area contributed by atoms with Crippen molar-refractivity contribution in [1.82, 2.24) is 19.4 Å². The van der Waals surface area contributed by atoms with E-state index in [1.165, 1.54) is 29.2 Å². The molecule has 1 saturated heterocycles. The van der Waals surface area contributed by atoms with E-state index in [0.717, 1.165) is 16.1 Å². The minimum Gasteiger partial charge on any atom is -0.390 e. The maximum Gasteiger partial charge on any atom is 0.180 e. The number of fused-ring (bicyclic) bond motifs is 1. The number of hydrogen-bond acceptors (Lipinski definition) is 8. The Labute approximate surface area is 186 Å². The average Bonchev–Trinajstić information content (AvgIpc) is 3.46. The number of imidazole rings is 1. The third kappa shape index (κ3) is 3.80. The zero-order valence-electron chi connectivity index (χ0n) is 16.6. The highest BCUT2D eigenvalue weighted by molar-refractivity contribution is 7.99. The van der Waals surface area contributed by atoms with Crippen LogP contribution < -0.4 is 5.32 Å². The second-order valence-electron chi connectivity index (χ2n) is 7.41. The Balaban J connectivity index is 1.36. The Bertz CT molecular complexity index is 1240. The summed E-state index contributed by atoms with van der Waals surface area (Å²) in [5, 5.41) is 23.8. The van der Waals surface area contributed by atoms with Gasteiger partial charge in [0.05, 0.1) is 29.3 Å². The predicted octanol–water partition coefficient (Wildman–Crippen LogP) is 3.42. The van der Waals surface area contributed by atoms with E-state index in [1.54, 1.807) is 30.9 Å². The molecule has 1 aromatic carbocycles. The lowest BCUT2D eigenvalue weighted by Crippen LogP contribution is -2.25. The Hall–Kier alpha value is -2.53. The van der Waals surface area contributed by atoms with E-state index in [4.69, 9.17) is 0 Å². The molecule has 1 aliphatic rings. The minimum absolute atomic E-state index is 0.253. The van der Waals surface area contributed by atoms with Crippen molar-refractivity contribution in [2.45, 2.75) is 30.9 Å². The topological polar surface area (TPSA) is 95.6 Å². The van der Waals surface area contributed by atoms with Crippen molar-refractivity contribution in [2.75, 3.05) is 11.1 Å². The van der Waals surface area contributed by atoms with Crippen molar-refractivity contribution in [3.05, 3.63) is 64.9 Å². The van der Waals surface area contributed by atoms with Crippen molar-refractivity contribution in [3.8, 4) is 10.6 Å². The van der Waals surface area contributed by atoms with E-state index in [0.29, 0.717) is 34.3 Å². The van der Waals surface area contributed by atoms with Gasteiger partial charge in [-0.25, -0.2) is 19.3 Å². The van der Waals surface area contributed by atoms with Gasteiger partial charge in [-0.1, -0.05) is 6.07 Å². The van der Waals surface area contributed by atoms with Crippen LogP contribution in [0.3, 0.4) is 0 Å². The van der Waals surface area contributed by atoms with Gasteiger partial charge in [0.25, 0.3) is 0 Å². The summed E-state index contributed by atoms with van der Waals surface area (Å²) < 4.78 is 16.5. The molecular weight excluding hydrogens is 437 g/mol. The van der Waals surface area contributed by atoms with Gasteiger partial charge in [0.15, 0.2) is 11.5 Å². The van der Waals surface area contributed by atoms with Gasteiger partial charge in [-0.3, -0.25) is 4.40 Å². The zero-order valence-corrected chi connectivity index (χ0v) is 18.2. The summed E-state index contributed by atoms with van der Waals surface area (Å²) in [6.07, 6.45) is 5.29. The zero-order chi connectivity index (χ0) is 21.5. The molecule has 5 rings (SSSR count). The molecule has 7 nitrogen and oxygen atoms in total. The number of aryl methyl sites for hydroxylation is 1. The first kappa shape index (κ1) is 20.4. The van der Waals surface area contributed by atoms with Gasteiger partial charge in [-0.2, -0.15) is 0 Å². The van der Waals surface area contributed by atoms with Gasteiger partial charge in [0.2, 0.25) is 0 Å². The number of aromatic nitrogens is 4. The number of benzene rings is 1. The van der Waals surface area contributed by atoms with Crippen molar-refractivity contribution >= 4 is 34.6 Å². The smallest absolute Gasteiger partial charge is 0.180 e. The molecule has 0 bridgehead atoms. The highest BCUT2D eigenvalue weighted by Gasteiger charge is 2.37. The lowest BCUT2D eigenvalue weighted by atomic mass is 10.1. The van der Waals surface area contributed by atoms with Crippen molar-refractivity contribution in [1.29, 1.82) is 0 Å². The van der Waals surface area contributed by atoms with Gasteiger partial charge in [-0.15, -0.1) is 23.1 Å². The lowest BCUT2D eigenvalue weighted by Gasteiger charge is -2.15. The third-order valence-corrected chi connectivity index (χ3v) is 7.60. The van der Waals surface area contributed by atoms with Crippen LogP contribution in [0.5, 0.6) is 0 Å². The lowest BCUT2D eigenvalue weighted by molar-refractivity contribution is 0.0411. The Morgan fingerprint density at radius 1 is 1.23 bits per heavy atom. The first-order chi connectivity index (χ1) is 15.0. The first-order valence-electron chi connectivity index (χ1n) is 9.76. The monoisotopic (exact) mass is 457 g/mol. The highest BCUT2D eigenvalue weighted by atomic mass is 32.2. The Kier molecular flexibility index (Phi) is 5.39. The molecule has 0 aliphatic carbocycles. The van der Waals surface area contributed by atoms with Crippen LogP contribution in [0.25, 0.3) is 16.2 Å². The number of anilines is 1. The summed E-state index contributed by atoms with van der Waals surface area (Å²) in [6, 6.07) is 5.12. The summed E-state index contributed by atoms with van der Waals surface area (Å²) in [4.78, 5) is 14.1. The molecule has 0 spiro atoms. The number of nitrogens with one attached hydrogen (secondary N) is 1. The number of rotatable bonds is 5. The quantitative estimate of drug-likeness (QED) is 0.423. The minimum atomic E-state index is -0.836. The van der Waals surface area contributed by atoms with Crippen LogP contribution in [0.4, 0.5) is 10.2 Å². The highest BCUT2D eigenvalue weighted by Crippen LogP contribution is 2.40. The van der Waals surface area contributed by atoms with Gasteiger partial charge < -0.3 is 15.5 Å². The molecule has 0 amide bonds. The Morgan fingerprint density at radius 2 is 2.10 bits per heavy atom. The maximum atomic E-state index is 14.6. The average molecular weight is 458 g/mol. The molecule has 3 N–H and O–H groups in total. The van der Waals surface area contributed by atoms with Crippen molar-refractivity contribution < 1.29 is 14.6 Å². The number of thioether (sulfide) groups is 1. The van der Waals surface area contributed by atoms with E-state index in [1.807, 2.05) is 17.4 Å². The molecule has 10 heteroatoms. The van der Waals surface area contributed by atoms with E-state index in [9.17, 15) is 14.6 Å². The Morgan fingerprint density at radius 3 is 2.81 bits per heavy atom. The summed E-state index contributed by atoms with van der Waals surface area (Å²) in [5.74, 6) is 0.734. The number of aliphatic hydroxyl groups excluding tert-OH is 2. The largest absolute Gasteiger partial charge is 0.390 e. The van der Waals surface area contributed by atoms with E-state index in [2.05, 4.69) is 20.3 Å². The van der Waals surface area contributed by atoms with Crippen LogP contribution >= 0.6 is 23.1 Å². The number of nitrogens with zero attached hydrogens (tertiary/aromatic N) is 4. The van der Waals surface area contributed by atoms with Crippen LogP contribution in [-0.2, 0) is 6.54 Å². The van der Waals surface area contributed by atoms with E-state index < -0.39 is 12.2 Å². The summed E-state index contributed by atoms with van der Waals surface area (Å²) in [6.45, 7) is 2.32. The molecule has 3 aromatic heterocycles. The number of aliphatic hydroxyl groups is 2. The maximum absolute atomic E-state index is 14.6. The van der Waals surface area contributed by atoms with Crippen LogP contribution in [0, 0.1) is 12.7 Å². The van der Waals surface area contributed by atoms with Crippen LogP contribution in [0.2, 0.25) is 0 Å². The molecule has 0 radical (unpaired) electrons. The molecule has 4 aromatic rings. The van der Waals surface area contributed by atoms with Gasteiger partial charge in [0, 0.05) is 41.3 Å². The summed E-state index contributed by atoms with van der Waals surface area (Å²) in [5.41, 5.74) is 2.69. The first-order valence-corrected chi connectivity index (χ1v) is 11.6.